The summed E-state index contributed by atoms with van der Waals surface area (Å²) in [5.74, 6) is 7.44. The zero-order valence-corrected chi connectivity index (χ0v) is 27.0. The molecule has 0 aliphatic heterocycles. The SMILES string of the molecule is C=C.CC(C)CCCC(C)C1CCC2C3CCC4CC(Cc5ccc(N)cc5N)CCC4(C)C3CCC12C.CF. The molecule has 0 saturated heterocycles. The molecule has 4 aliphatic carbocycles. The second-order valence-electron chi connectivity index (χ2n) is 15.0. The van der Waals surface area contributed by atoms with Gasteiger partial charge in [0.2, 0.25) is 0 Å². The van der Waals surface area contributed by atoms with Gasteiger partial charge in [-0.1, -0.05) is 59.9 Å². The van der Waals surface area contributed by atoms with Crippen LogP contribution in [0.4, 0.5) is 15.8 Å². The van der Waals surface area contributed by atoms with Crippen molar-refractivity contribution < 1.29 is 4.39 Å². The smallest absolute Gasteiger partial charge is 0.0785 e. The van der Waals surface area contributed by atoms with Crippen LogP contribution in [0.15, 0.2) is 31.4 Å². The number of benzene rings is 1. The van der Waals surface area contributed by atoms with E-state index in [2.05, 4.69) is 53.8 Å². The molecule has 4 saturated carbocycles. The quantitative estimate of drug-likeness (QED) is 0.260. The Morgan fingerprint density at radius 3 is 2.23 bits per heavy atom. The van der Waals surface area contributed by atoms with Crippen LogP contribution < -0.4 is 11.5 Å². The van der Waals surface area contributed by atoms with Crippen LogP contribution in [-0.4, -0.2) is 7.18 Å². The first-order chi connectivity index (χ1) is 19.1. The molecule has 3 heteroatoms. The van der Waals surface area contributed by atoms with Crippen LogP contribution >= 0.6 is 0 Å². The summed E-state index contributed by atoms with van der Waals surface area (Å²) >= 11 is 0. The average Bonchev–Trinajstić information content (AvgIpc) is 3.30. The summed E-state index contributed by atoms with van der Waals surface area (Å²) in [7, 11) is 0.500. The van der Waals surface area contributed by atoms with Gasteiger partial charge >= 0.3 is 0 Å². The van der Waals surface area contributed by atoms with E-state index >= 15 is 0 Å². The topological polar surface area (TPSA) is 52.0 Å². The van der Waals surface area contributed by atoms with Gasteiger partial charge in [-0.25, -0.2) is 0 Å². The molecule has 0 radical (unpaired) electrons. The number of hydrogen-bond acceptors (Lipinski definition) is 2. The van der Waals surface area contributed by atoms with E-state index in [1.165, 1.54) is 82.6 Å². The first-order valence-electron chi connectivity index (χ1n) is 16.6. The summed E-state index contributed by atoms with van der Waals surface area (Å²) in [6.07, 6.45) is 18.7. The van der Waals surface area contributed by atoms with Gasteiger partial charge in [0.15, 0.2) is 0 Å². The molecule has 0 bridgehead atoms. The predicted octanol–water partition coefficient (Wildman–Crippen LogP) is 10.5. The summed E-state index contributed by atoms with van der Waals surface area (Å²) < 4.78 is 9.50. The Bertz CT molecular complexity index is 929. The highest BCUT2D eigenvalue weighted by Crippen LogP contribution is 2.68. The van der Waals surface area contributed by atoms with E-state index in [4.69, 9.17) is 11.5 Å². The van der Waals surface area contributed by atoms with Crippen molar-refractivity contribution in [3.05, 3.63) is 36.9 Å². The normalized spacial score (nSPS) is 37.1. The molecule has 4 aliphatic rings. The Morgan fingerprint density at radius 2 is 1.55 bits per heavy atom. The molecule has 0 spiro atoms. The second kappa shape index (κ2) is 14.1. The van der Waals surface area contributed by atoms with Crippen molar-refractivity contribution in [3.63, 3.8) is 0 Å². The summed E-state index contributed by atoms with van der Waals surface area (Å²) in [5.41, 5.74) is 16.5. The highest BCUT2D eigenvalue weighted by molar-refractivity contribution is 5.56. The largest absolute Gasteiger partial charge is 0.399 e. The monoisotopic (exact) mass is 554 g/mol. The molecule has 40 heavy (non-hydrogen) atoms. The number of halogens is 1. The highest BCUT2D eigenvalue weighted by Gasteiger charge is 2.60. The van der Waals surface area contributed by atoms with E-state index in [0.717, 1.165) is 65.1 Å². The Labute approximate surface area is 247 Å². The molecular weight excluding hydrogens is 491 g/mol. The van der Waals surface area contributed by atoms with Gasteiger partial charge in [-0.15, -0.1) is 13.2 Å². The van der Waals surface area contributed by atoms with E-state index in [1.807, 2.05) is 12.1 Å². The van der Waals surface area contributed by atoms with E-state index < -0.39 is 0 Å². The van der Waals surface area contributed by atoms with Gasteiger partial charge in [-0.05, 0) is 140 Å². The number of nitrogens with two attached hydrogens (primary N) is 2. The molecule has 9 unspecified atom stereocenters. The van der Waals surface area contributed by atoms with Crippen LogP contribution in [0.25, 0.3) is 0 Å². The Kier molecular flexibility index (Phi) is 11.6. The van der Waals surface area contributed by atoms with Crippen LogP contribution in [0, 0.1) is 58.2 Å². The molecule has 0 amide bonds. The van der Waals surface area contributed by atoms with Gasteiger partial charge in [0.1, 0.15) is 0 Å². The molecule has 0 aromatic heterocycles. The Morgan fingerprint density at radius 1 is 0.875 bits per heavy atom. The first-order valence-corrected chi connectivity index (χ1v) is 16.6. The number of rotatable bonds is 7. The highest BCUT2D eigenvalue weighted by atomic mass is 19.1. The van der Waals surface area contributed by atoms with E-state index in [9.17, 15) is 4.39 Å². The summed E-state index contributed by atoms with van der Waals surface area (Å²) in [5, 5.41) is 0. The number of hydrogen-bond donors (Lipinski definition) is 2. The van der Waals surface area contributed by atoms with Crippen molar-refractivity contribution >= 4 is 11.4 Å². The van der Waals surface area contributed by atoms with Crippen LogP contribution in [-0.2, 0) is 6.42 Å². The van der Waals surface area contributed by atoms with Gasteiger partial charge in [-0.2, -0.15) is 0 Å². The lowest BCUT2D eigenvalue weighted by Crippen LogP contribution is -2.53. The van der Waals surface area contributed by atoms with Gasteiger partial charge in [-0.3, -0.25) is 4.39 Å². The van der Waals surface area contributed by atoms with E-state index in [0.29, 0.717) is 18.0 Å². The number of alkyl halides is 1. The molecule has 4 N–H and O–H groups in total. The standard InChI is InChI=1S/C34H56N2.C2H4.CH3F/c1-22(2)7-6-8-23(3)29-13-14-30-28-12-10-26-20-24(19-25-9-11-27(35)21-32(25)36)15-17-33(26,4)31(28)16-18-34(29,30)5;2*1-2/h9,11,21-24,26,28-31H,6-8,10,12-20,35-36H2,1-5H3;1-2H2;1H3. The van der Waals surface area contributed by atoms with Gasteiger partial charge in [0.25, 0.3) is 0 Å². The molecule has 4 fully saturated rings. The third-order valence-electron chi connectivity index (χ3n) is 12.7. The van der Waals surface area contributed by atoms with Crippen LogP contribution in [0.5, 0.6) is 0 Å². The fourth-order valence-corrected chi connectivity index (χ4v) is 10.7. The summed E-state index contributed by atoms with van der Waals surface area (Å²) in [6.45, 7) is 18.9. The number of fused-ring (bicyclic) bond motifs is 5. The molecule has 228 valence electrons. The Hall–Kier alpha value is -1.51. The Balaban J connectivity index is 0.00000106. The van der Waals surface area contributed by atoms with Crippen molar-refractivity contribution in [3.8, 4) is 0 Å². The molecule has 1 aromatic carbocycles. The molecule has 2 nitrogen and oxygen atoms in total. The number of anilines is 2. The lowest BCUT2D eigenvalue weighted by atomic mass is 9.44. The van der Waals surface area contributed by atoms with E-state index in [1.54, 1.807) is 0 Å². The van der Waals surface area contributed by atoms with Crippen molar-refractivity contribution in [2.24, 2.45) is 58.2 Å². The minimum Gasteiger partial charge on any atom is -0.399 e. The first kappa shape index (κ1) is 33.0. The maximum absolute atomic E-state index is 9.50. The predicted molar refractivity (Wildman–Crippen MR) is 174 cm³/mol. The maximum Gasteiger partial charge on any atom is 0.0785 e. The fraction of sp³-hybridized carbons (Fsp3) is 0.784. The van der Waals surface area contributed by atoms with Crippen LogP contribution in [0.2, 0.25) is 0 Å². The third-order valence-corrected chi connectivity index (χ3v) is 12.7. The third kappa shape index (κ3) is 6.59. The molecule has 1 aromatic rings. The number of nitrogen functional groups attached to an aromatic ring is 2. The molecule has 9 atom stereocenters. The molecule has 5 rings (SSSR count). The fourth-order valence-electron chi connectivity index (χ4n) is 10.7. The zero-order valence-electron chi connectivity index (χ0n) is 27.0. The zero-order chi connectivity index (χ0) is 29.7. The van der Waals surface area contributed by atoms with Crippen LogP contribution in [0.1, 0.15) is 117 Å². The van der Waals surface area contributed by atoms with Crippen LogP contribution in [0.3, 0.4) is 0 Å². The summed E-state index contributed by atoms with van der Waals surface area (Å²) in [4.78, 5) is 0. The lowest BCUT2D eigenvalue weighted by molar-refractivity contribution is -0.121. The summed E-state index contributed by atoms with van der Waals surface area (Å²) in [6, 6.07) is 6.16. The molecule has 0 heterocycles. The molecular formula is C37H63FN2. The van der Waals surface area contributed by atoms with E-state index in [-0.39, 0.29) is 0 Å². The van der Waals surface area contributed by atoms with Crippen molar-refractivity contribution in [1.29, 1.82) is 0 Å². The minimum absolute atomic E-state index is 0.500. The lowest BCUT2D eigenvalue weighted by Gasteiger charge is -2.61. The average molecular weight is 555 g/mol. The van der Waals surface area contributed by atoms with Crippen molar-refractivity contribution in [1.82, 2.24) is 0 Å². The maximum atomic E-state index is 9.50. The second-order valence-corrected chi connectivity index (χ2v) is 15.0. The van der Waals surface area contributed by atoms with Gasteiger partial charge < -0.3 is 11.5 Å². The van der Waals surface area contributed by atoms with Gasteiger partial charge in [0, 0.05) is 11.4 Å². The van der Waals surface area contributed by atoms with Crippen molar-refractivity contribution in [2.45, 2.75) is 118 Å². The van der Waals surface area contributed by atoms with Crippen molar-refractivity contribution in [2.75, 3.05) is 18.6 Å². The van der Waals surface area contributed by atoms with Gasteiger partial charge in [0.05, 0.1) is 7.18 Å². The minimum atomic E-state index is 0.500.